The molecule has 30 heavy (non-hydrogen) atoms. The Morgan fingerprint density at radius 1 is 1.00 bits per heavy atom. The lowest BCUT2D eigenvalue weighted by atomic mass is 9.98. The molecule has 0 heterocycles. The summed E-state index contributed by atoms with van der Waals surface area (Å²) in [6, 6.07) is 21.3. The first-order valence-electron chi connectivity index (χ1n) is 9.98. The number of benzene rings is 3. The van der Waals surface area contributed by atoms with E-state index < -0.39 is 6.09 Å². The van der Waals surface area contributed by atoms with Gasteiger partial charge in [0.2, 0.25) is 0 Å². The molecule has 3 nitrogen and oxygen atoms in total. The van der Waals surface area contributed by atoms with Crippen LogP contribution < -0.4 is 5.32 Å². The predicted molar refractivity (Wildman–Crippen MR) is 116 cm³/mol. The van der Waals surface area contributed by atoms with Gasteiger partial charge in [-0.2, -0.15) is 0 Å². The largest absolute Gasteiger partial charge is 0.449 e. The van der Waals surface area contributed by atoms with Gasteiger partial charge in [0.1, 0.15) is 12.4 Å². The summed E-state index contributed by atoms with van der Waals surface area (Å²) in [7, 11) is 0. The van der Waals surface area contributed by atoms with E-state index in [4.69, 9.17) is 4.74 Å². The molecule has 0 bridgehead atoms. The summed E-state index contributed by atoms with van der Waals surface area (Å²) in [5, 5.41) is 2.71. The molecular weight excluding hydrogens is 377 g/mol. The highest BCUT2D eigenvalue weighted by Crippen LogP contribution is 2.44. The molecule has 1 amide bonds. The molecule has 0 aliphatic heterocycles. The van der Waals surface area contributed by atoms with Gasteiger partial charge in [0.25, 0.3) is 0 Å². The fourth-order valence-electron chi connectivity index (χ4n) is 3.82. The number of hydrogen-bond acceptors (Lipinski definition) is 2. The van der Waals surface area contributed by atoms with Crippen molar-refractivity contribution in [1.82, 2.24) is 5.32 Å². The first-order valence-corrected chi connectivity index (χ1v) is 9.98. The minimum atomic E-state index is -0.472. The fraction of sp³-hybridized carbons (Fsp3) is 0.192. The zero-order valence-electron chi connectivity index (χ0n) is 16.7. The molecule has 0 fully saturated rings. The Labute approximate surface area is 175 Å². The van der Waals surface area contributed by atoms with E-state index in [1.807, 2.05) is 37.3 Å². The molecule has 150 valence electrons. The number of nitrogens with one attached hydrogen (secondary N) is 1. The van der Waals surface area contributed by atoms with Crippen molar-refractivity contribution in [2.24, 2.45) is 0 Å². The van der Waals surface area contributed by atoms with Crippen LogP contribution in [0.2, 0.25) is 0 Å². The summed E-state index contributed by atoms with van der Waals surface area (Å²) in [5.74, 6) is 5.45. The molecule has 3 aromatic rings. The van der Waals surface area contributed by atoms with Gasteiger partial charge in [0, 0.05) is 18.9 Å². The second-order valence-corrected chi connectivity index (χ2v) is 7.24. The molecule has 0 saturated heterocycles. The maximum atomic E-state index is 13.8. The van der Waals surface area contributed by atoms with Crippen LogP contribution >= 0.6 is 0 Å². The van der Waals surface area contributed by atoms with Gasteiger partial charge in [-0.05, 0) is 40.8 Å². The number of amides is 1. The van der Waals surface area contributed by atoms with E-state index in [2.05, 4.69) is 41.4 Å². The van der Waals surface area contributed by atoms with Crippen molar-refractivity contribution in [3.8, 4) is 23.0 Å². The van der Waals surface area contributed by atoms with Crippen LogP contribution in [0.3, 0.4) is 0 Å². The van der Waals surface area contributed by atoms with Crippen LogP contribution in [-0.2, 0) is 4.74 Å². The molecule has 0 radical (unpaired) electrons. The summed E-state index contributed by atoms with van der Waals surface area (Å²) in [4.78, 5) is 12.1. The fourth-order valence-corrected chi connectivity index (χ4v) is 3.82. The molecule has 4 heteroatoms. The minimum absolute atomic E-state index is 0.0342. The highest BCUT2D eigenvalue weighted by molar-refractivity contribution is 5.79. The molecule has 1 N–H and O–H groups in total. The van der Waals surface area contributed by atoms with Crippen molar-refractivity contribution in [2.45, 2.75) is 19.3 Å². The molecule has 0 atom stereocenters. The molecule has 0 saturated carbocycles. The third kappa shape index (κ3) is 4.06. The van der Waals surface area contributed by atoms with E-state index in [0.29, 0.717) is 18.5 Å². The normalized spacial score (nSPS) is 11.8. The van der Waals surface area contributed by atoms with Crippen LogP contribution in [-0.4, -0.2) is 19.2 Å². The maximum absolute atomic E-state index is 13.8. The monoisotopic (exact) mass is 399 g/mol. The summed E-state index contributed by atoms with van der Waals surface area (Å²) in [6.45, 7) is 2.44. The molecule has 4 rings (SSSR count). The summed E-state index contributed by atoms with van der Waals surface area (Å²) >= 11 is 0. The van der Waals surface area contributed by atoms with Crippen LogP contribution in [0.25, 0.3) is 11.1 Å². The van der Waals surface area contributed by atoms with E-state index in [1.165, 1.54) is 28.3 Å². The van der Waals surface area contributed by atoms with E-state index in [-0.39, 0.29) is 18.3 Å². The summed E-state index contributed by atoms with van der Waals surface area (Å²) in [5.41, 5.74) is 5.95. The third-order valence-electron chi connectivity index (χ3n) is 5.30. The summed E-state index contributed by atoms with van der Waals surface area (Å²) < 4.78 is 19.2. The SMILES string of the molecule is Cc1cccc(F)c1C#CCCNC(=O)OCC1c2ccccc2-c2ccccc21. The van der Waals surface area contributed by atoms with E-state index in [0.717, 1.165) is 5.56 Å². The third-order valence-corrected chi connectivity index (χ3v) is 5.30. The van der Waals surface area contributed by atoms with Crippen molar-refractivity contribution in [1.29, 1.82) is 0 Å². The topological polar surface area (TPSA) is 38.3 Å². The lowest BCUT2D eigenvalue weighted by Crippen LogP contribution is -2.26. The Morgan fingerprint density at radius 2 is 1.67 bits per heavy atom. The number of rotatable bonds is 4. The molecule has 0 aromatic heterocycles. The van der Waals surface area contributed by atoms with Crippen LogP contribution in [0.4, 0.5) is 9.18 Å². The van der Waals surface area contributed by atoms with Gasteiger partial charge in [0.15, 0.2) is 0 Å². The van der Waals surface area contributed by atoms with Crippen molar-refractivity contribution in [3.63, 3.8) is 0 Å². The number of aryl methyl sites for hydroxylation is 1. The minimum Gasteiger partial charge on any atom is -0.449 e. The average Bonchev–Trinajstić information content (AvgIpc) is 3.08. The number of carbonyl (C=O) groups is 1. The Kier molecular flexibility index (Phi) is 5.81. The van der Waals surface area contributed by atoms with Gasteiger partial charge in [-0.3, -0.25) is 0 Å². The quantitative estimate of drug-likeness (QED) is 0.470. The van der Waals surface area contributed by atoms with Gasteiger partial charge in [0.05, 0.1) is 5.56 Å². The standard InChI is InChI=1S/C26H22FNO2/c1-18-9-8-15-25(27)19(18)10-6-7-16-28-26(29)30-17-24-22-13-4-2-11-20(22)21-12-3-5-14-23(21)24/h2-5,8-9,11-15,24H,7,16-17H2,1H3,(H,28,29). The molecule has 3 aromatic carbocycles. The van der Waals surface area contributed by atoms with E-state index in [1.54, 1.807) is 6.07 Å². The maximum Gasteiger partial charge on any atom is 0.407 e. The van der Waals surface area contributed by atoms with Crippen molar-refractivity contribution in [2.75, 3.05) is 13.2 Å². The first-order chi connectivity index (χ1) is 14.6. The van der Waals surface area contributed by atoms with E-state index in [9.17, 15) is 9.18 Å². The van der Waals surface area contributed by atoms with Crippen molar-refractivity contribution in [3.05, 3.63) is 94.8 Å². The summed E-state index contributed by atoms with van der Waals surface area (Å²) in [6.07, 6.45) is -0.0569. The Bertz CT molecular complexity index is 1080. The molecule has 1 aliphatic rings. The van der Waals surface area contributed by atoms with Gasteiger partial charge in [-0.15, -0.1) is 0 Å². The zero-order valence-corrected chi connectivity index (χ0v) is 16.7. The Morgan fingerprint density at radius 3 is 2.33 bits per heavy atom. The van der Waals surface area contributed by atoms with Crippen LogP contribution in [0, 0.1) is 24.6 Å². The highest BCUT2D eigenvalue weighted by atomic mass is 19.1. The number of hydrogen-bond donors (Lipinski definition) is 1. The van der Waals surface area contributed by atoms with Crippen LogP contribution in [0.1, 0.15) is 34.6 Å². The number of carbonyl (C=O) groups excluding carboxylic acids is 1. The highest BCUT2D eigenvalue weighted by Gasteiger charge is 2.28. The van der Waals surface area contributed by atoms with Gasteiger partial charge >= 0.3 is 6.09 Å². The van der Waals surface area contributed by atoms with Gasteiger partial charge < -0.3 is 10.1 Å². The van der Waals surface area contributed by atoms with Crippen molar-refractivity contribution >= 4 is 6.09 Å². The number of alkyl carbamates (subject to hydrolysis) is 1. The lowest BCUT2D eigenvalue weighted by molar-refractivity contribution is 0.143. The molecule has 0 spiro atoms. The first kappa shape index (κ1) is 19.7. The number of ether oxygens (including phenoxy) is 1. The zero-order chi connectivity index (χ0) is 20.9. The lowest BCUT2D eigenvalue weighted by Gasteiger charge is -2.14. The van der Waals surface area contributed by atoms with E-state index >= 15 is 0 Å². The second-order valence-electron chi connectivity index (χ2n) is 7.24. The Balaban J connectivity index is 1.31. The predicted octanol–water partition coefficient (Wildman–Crippen LogP) is 5.41. The molecule has 1 aliphatic carbocycles. The van der Waals surface area contributed by atoms with Crippen molar-refractivity contribution < 1.29 is 13.9 Å². The van der Waals surface area contributed by atoms with Crippen LogP contribution in [0.5, 0.6) is 0 Å². The molecule has 0 unspecified atom stereocenters. The molecular formula is C26H22FNO2. The smallest absolute Gasteiger partial charge is 0.407 e. The second kappa shape index (κ2) is 8.84. The average molecular weight is 399 g/mol. The Hall–Kier alpha value is -3.58. The van der Waals surface area contributed by atoms with Crippen LogP contribution in [0.15, 0.2) is 66.7 Å². The number of fused-ring (bicyclic) bond motifs is 3. The van der Waals surface area contributed by atoms with Gasteiger partial charge in [-0.1, -0.05) is 72.5 Å². The van der Waals surface area contributed by atoms with Gasteiger partial charge in [-0.25, -0.2) is 9.18 Å². The number of halogens is 1.